The molecule has 0 radical (unpaired) electrons. The summed E-state index contributed by atoms with van der Waals surface area (Å²) in [6.07, 6.45) is 1.09. The standard InChI is InChI=1S/C24H26N2O2/c1-4-17(2)19-11-13-23(14-12-19)28-16-24(27)26-25-18(3)21-10-9-20-7-5-6-8-22(20)15-21/h5-15,17H,4,16H2,1-3H3,(H,26,27)/b25-18+. The quantitative estimate of drug-likeness (QED) is 0.452. The molecule has 0 heterocycles. The lowest BCUT2D eigenvalue weighted by Crippen LogP contribution is -2.25. The molecule has 0 aliphatic heterocycles. The fourth-order valence-electron chi connectivity index (χ4n) is 2.93. The van der Waals surface area contributed by atoms with Crippen molar-refractivity contribution in [3.05, 3.63) is 77.9 Å². The number of benzene rings is 3. The summed E-state index contributed by atoms with van der Waals surface area (Å²) < 4.78 is 5.55. The van der Waals surface area contributed by atoms with E-state index in [4.69, 9.17) is 4.74 Å². The number of rotatable bonds is 7. The average molecular weight is 374 g/mol. The Labute approximate surface area is 166 Å². The van der Waals surface area contributed by atoms with Crippen LogP contribution in [0.15, 0.2) is 71.8 Å². The molecule has 0 bridgehead atoms. The lowest BCUT2D eigenvalue weighted by molar-refractivity contribution is -0.123. The van der Waals surface area contributed by atoms with Crippen molar-refractivity contribution in [1.82, 2.24) is 5.43 Å². The predicted octanol–water partition coefficient (Wildman–Crippen LogP) is 5.27. The topological polar surface area (TPSA) is 50.7 Å². The molecule has 4 nitrogen and oxygen atoms in total. The molecule has 0 aliphatic rings. The van der Waals surface area contributed by atoms with Crippen molar-refractivity contribution in [1.29, 1.82) is 0 Å². The summed E-state index contributed by atoms with van der Waals surface area (Å²) in [7, 11) is 0. The monoisotopic (exact) mass is 374 g/mol. The molecule has 1 N–H and O–H groups in total. The number of nitrogens with zero attached hydrogens (tertiary/aromatic N) is 1. The Hall–Kier alpha value is -3.14. The van der Waals surface area contributed by atoms with Gasteiger partial charge in [-0.2, -0.15) is 5.10 Å². The molecule has 0 saturated carbocycles. The zero-order valence-electron chi connectivity index (χ0n) is 16.6. The number of nitrogens with one attached hydrogen (secondary N) is 1. The van der Waals surface area contributed by atoms with Gasteiger partial charge in [0.1, 0.15) is 5.75 Å². The van der Waals surface area contributed by atoms with E-state index < -0.39 is 0 Å². The van der Waals surface area contributed by atoms with Crippen molar-refractivity contribution in [3.8, 4) is 5.75 Å². The van der Waals surface area contributed by atoms with Crippen LogP contribution in [0.25, 0.3) is 10.8 Å². The SMILES string of the molecule is CCC(C)c1ccc(OCC(=O)N/N=C(\C)c2ccc3ccccc3c2)cc1. The molecule has 0 aromatic heterocycles. The largest absolute Gasteiger partial charge is 0.484 e. The third-order valence-electron chi connectivity index (χ3n) is 4.95. The molecule has 28 heavy (non-hydrogen) atoms. The second-order valence-corrected chi connectivity index (χ2v) is 6.96. The van der Waals surface area contributed by atoms with Gasteiger partial charge in [-0.25, -0.2) is 5.43 Å². The molecule has 144 valence electrons. The van der Waals surface area contributed by atoms with Crippen molar-refractivity contribution >= 4 is 22.4 Å². The van der Waals surface area contributed by atoms with Crippen LogP contribution in [-0.4, -0.2) is 18.2 Å². The highest BCUT2D eigenvalue weighted by molar-refractivity contribution is 6.02. The Morgan fingerprint density at radius 2 is 1.75 bits per heavy atom. The Morgan fingerprint density at radius 3 is 2.46 bits per heavy atom. The molecular formula is C24H26N2O2. The van der Waals surface area contributed by atoms with Crippen molar-refractivity contribution < 1.29 is 9.53 Å². The van der Waals surface area contributed by atoms with Crippen LogP contribution in [0.4, 0.5) is 0 Å². The zero-order chi connectivity index (χ0) is 19.9. The van der Waals surface area contributed by atoms with Crippen molar-refractivity contribution in [2.45, 2.75) is 33.1 Å². The van der Waals surface area contributed by atoms with Crippen molar-refractivity contribution in [2.24, 2.45) is 5.10 Å². The molecule has 3 aromatic rings. The third kappa shape index (κ3) is 4.97. The number of amides is 1. The Kier molecular flexibility index (Phi) is 6.43. The van der Waals surface area contributed by atoms with Crippen LogP contribution in [0.5, 0.6) is 5.75 Å². The maximum Gasteiger partial charge on any atom is 0.277 e. The summed E-state index contributed by atoms with van der Waals surface area (Å²) in [5.41, 5.74) is 5.56. The van der Waals surface area contributed by atoms with Gasteiger partial charge in [0.2, 0.25) is 0 Å². The first-order valence-electron chi connectivity index (χ1n) is 9.62. The fourth-order valence-corrected chi connectivity index (χ4v) is 2.93. The summed E-state index contributed by atoms with van der Waals surface area (Å²) in [5.74, 6) is 0.911. The van der Waals surface area contributed by atoms with Crippen LogP contribution < -0.4 is 10.2 Å². The van der Waals surface area contributed by atoms with Gasteiger partial charge in [0.15, 0.2) is 6.61 Å². The maximum absolute atomic E-state index is 12.0. The van der Waals surface area contributed by atoms with Gasteiger partial charge in [-0.05, 0) is 59.4 Å². The van der Waals surface area contributed by atoms with Gasteiger partial charge in [0.25, 0.3) is 5.91 Å². The molecule has 0 spiro atoms. The van der Waals surface area contributed by atoms with Gasteiger partial charge in [-0.1, -0.05) is 62.4 Å². The predicted molar refractivity (Wildman–Crippen MR) is 115 cm³/mol. The number of carbonyl (C=O) groups is 1. The normalized spacial score (nSPS) is 12.6. The average Bonchev–Trinajstić information content (AvgIpc) is 2.75. The van der Waals surface area contributed by atoms with E-state index in [9.17, 15) is 4.79 Å². The minimum atomic E-state index is -0.286. The summed E-state index contributed by atoms with van der Waals surface area (Å²) in [6, 6.07) is 22.2. The van der Waals surface area contributed by atoms with Gasteiger partial charge in [0, 0.05) is 0 Å². The number of hydrazone groups is 1. The van der Waals surface area contributed by atoms with Gasteiger partial charge >= 0.3 is 0 Å². The van der Waals surface area contributed by atoms with E-state index in [1.54, 1.807) is 0 Å². The van der Waals surface area contributed by atoms with E-state index in [1.807, 2.05) is 49.4 Å². The maximum atomic E-state index is 12.0. The molecular weight excluding hydrogens is 348 g/mol. The van der Waals surface area contributed by atoms with Crippen LogP contribution in [0.1, 0.15) is 44.2 Å². The summed E-state index contributed by atoms with van der Waals surface area (Å²) >= 11 is 0. The summed E-state index contributed by atoms with van der Waals surface area (Å²) in [5, 5.41) is 6.52. The lowest BCUT2D eigenvalue weighted by atomic mass is 9.99. The highest BCUT2D eigenvalue weighted by Gasteiger charge is 2.06. The van der Waals surface area contributed by atoms with E-state index >= 15 is 0 Å². The van der Waals surface area contributed by atoms with Crippen molar-refractivity contribution in [2.75, 3.05) is 6.61 Å². The highest BCUT2D eigenvalue weighted by Crippen LogP contribution is 2.21. The second kappa shape index (κ2) is 9.18. The molecule has 1 atom stereocenters. The van der Waals surface area contributed by atoms with Gasteiger partial charge < -0.3 is 4.74 Å². The lowest BCUT2D eigenvalue weighted by Gasteiger charge is -2.10. The van der Waals surface area contributed by atoms with Gasteiger partial charge in [0.05, 0.1) is 5.71 Å². The van der Waals surface area contributed by atoms with E-state index in [-0.39, 0.29) is 12.5 Å². The summed E-state index contributed by atoms with van der Waals surface area (Å²) in [6.45, 7) is 6.16. The van der Waals surface area contributed by atoms with Crippen LogP contribution >= 0.6 is 0 Å². The third-order valence-corrected chi connectivity index (χ3v) is 4.95. The van der Waals surface area contributed by atoms with Gasteiger partial charge in [-0.15, -0.1) is 0 Å². The highest BCUT2D eigenvalue weighted by atomic mass is 16.5. The van der Waals surface area contributed by atoms with Crippen LogP contribution in [0.3, 0.4) is 0 Å². The molecule has 1 amide bonds. The van der Waals surface area contributed by atoms with Crippen LogP contribution in [0, 0.1) is 0 Å². The Balaban J connectivity index is 1.55. The number of fused-ring (bicyclic) bond motifs is 1. The van der Waals surface area contributed by atoms with E-state index in [0.717, 1.165) is 23.1 Å². The van der Waals surface area contributed by atoms with Crippen LogP contribution in [-0.2, 0) is 4.79 Å². The summed E-state index contributed by atoms with van der Waals surface area (Å²) in [4.78, 5) is 12.0. The Morgan fingerprint density at radius 1 is 1.04 bits per heavy atom. The Bertz CT molecular complexity index is 977. The smallest absolute Gasteiger partial charge is 0.277 e. The first-order valence-corrected chi connectivity index (χ1v) is 9.62. The first-order chi connectivity index (χ1) is 13.6. The first kappa shape index (κ1) is 19.6. The molecule has 0 aliphatic carbocycles. The van der Waals surface area contributed by atoms with E-state index in [1.165, 1.54) is 10.9 Å². The number of carbonyl (C=O) groups excluding carboxylic acids is 1. The molecule has 0 saturated heterocycles. The van der Waals surface area contributed by atoms with E-state index in [0.29, 0.717) is 11.7 Å². The number of hydrogen-bond acceptors (Lipinski definition) is 3. The van der Waals surface area contributed by atoms with Crippen LogP contribution in [0.2, 0.25) is 0 Å². The van der Waals surface area contributed by atoms with Gasteiger partial charge in [-0.3, -0.25) is 4.79 Å². The minimum Gasteiger partial charge on any atom is -0.484 e. The second-order valence-electron chi connectivity index (χ2n) is 6.96. The molecule has 3 aromatic carbocycles. The molecule has 1 unspecified atom stereocenters. The molecule has 0 fully saturated rings. The molecule has 3 rings (SSSR count). The zero-order valence-corrected chi connectivity index (χ0v) is 16.6. The van der Waals surface area contributed by atoms with Crippen molar-refractivity contribution in [3.63, 3.8) is 0 Å². The van der Waals surface area contributed by atoms with E-state index in [2.05, 4.69) is 48.6 Å². The number of hydrogen-bond donors (Lipinski definition) is 1. The minimum absolute atomic E-state index is 0.0722. The number of ether oxygens (including phenoxy) is 1. The fraction of sp³-hybridized carbons (Fsp3) is 0.250. The molecule has 4 heteroatoms.